The van der Waals surface area contributed by atoms with Gasteiger partial charge in [-0.15, -0.1) is 0 Å². The van der Waals surface area contributed by atoms with E-state index in [-0.39, 0.29) is 11.4 Å². The number of aromatic nitrogens is 2. The number of hydrogen-bond donors (Lipinski definition) is 1. The molecule has 8 heteroatoms. The number of aryl methyl sites for hydroxylation is 4. The highest BCUT2D eigenvalue weighted by Crippen LogP contribution is 2.22. The molecular weight excluding hydrogens is 390 g/mol. The van der Waals surface area contributed by atoms with Gasteiger partial charge in [0.15, 0.2) is 0 Å². The van der Waals surface area contributed by atoms with Crippen molar-refractivity contribution in [3.63, 3.8) is 0 Å². The molecule has 3 aromatic rings. The first-order valence-electron chi connectivity index (χ1n) is 9.07. The highest BCUT2D eigenvalue weighted by molar-refractivity contribution is 7.90. The van der Waals surface area contributed by atoms with Crippen LogP contribution >= 0.6 is 0 Å². The normalized spacial score (nSPS) is 11.4. The van der Waals surface area contributed by atoms with E-state index >= 15 is 0 Å². The third kappa shape index (κ3) is 4.17. The van der Waals surface area contributed by atoms with Crippen molar-refractivity contribution in [3.05, 3.63) is 81.5 Å². The zero-order valence-corrected chi connectivity index (χ0v) is 17.6. The summed E-state index contributed by atoms with van der Waals surface area (Å²) in [6.45, 7) is 7.32. The molecule has 1 heterocycles. The summed E-state index contributed by atoms with van der Waals surface area (Å²) < 4.78 is 27.2. The second-order valence-electron chi connectivity index (χ2n) is 7.14. The van der Waals surface area contributed by atoms with Gasteiger partial charge in [0.2, 0.25) is 5.91 Å². The lowest BCUT2D eigenvalue weighted by Gasteiger charge is -2.13. The molecule has 0 aliphatic heterocycles. The number of carbonyl (C=O) groups excluding carboxylic acids is 1. The van der Waals surface area contributed by atoms with E-state index in [1.807, 2.05) is 39.8 Å². The molecule has 0 aliphatic rings. The highest BCUT2D eigenvalue weighted by Gasteiger charge is 2.21. The van der Waals surface area contributed by atoms with Gasteiger partial charge < -0.3 is 5.32 Å². The van der Waals surface area contributed by atoms with E-state index in [0.717, 1.165) is 33.0 Å². The van der Waals surface area contributed by atoms with Gasteiger partial charge in [0.1, 0.15) is 6.54 Å². The maximum Gasteiger partial charge on any atom is 0.342 e. The molecule has 0 aliphatic carbocycles. The Morgan fingerprint density at radius 1 is 0.931 bits per heavy atom. The lowest BCUT2D eigenvalue weighted by molar-refractivity contribution is -0.116. The van der Waals surface area contributed by atoms with Crippen LogP contribution in [0.5, 0.6) is 0 Å². The molecule has 1 aromatic heterocycles. The molecule has 7 nitrogen and oxygen atoms in total. The molecule has 1 N–H and O–H groups in total. The zero-order chi connectivity index (χ0) is 21.3. The summed E-state index contributed by atoms with van der Waals surface area (Å²) in [5.41, 5.74) is 3.74. The molecule has 29 heavy (non-hydrogen) atoms. The first kappa shape index (κ1) is 20.6. The van der Waals surface area contributed by atoms with Crippen LogP contribution in [0.2, 0.25) is 0 Å². The van der Waals surface area contributed by atoms with Crippen molar-refractivity contribution in [1.82, 2.24) is 8.54 Å². The maximum absolute atomic E-state index is 12.7. The van der Waals surface area contributed by atoms with Crippen LogP contribution in [0.15, 0.2) is 58.5 Å². The zero-order valence-electron chi connectivity index (χ0n) is 16.8. The molecule has 0 bridgehead atoms. The first-order valence-corrected chi connectivity index (χ1v) is 10.5. The average molecular weight is 413 g/mol. The van der Waals surface area contributed by atoms with E-state index in [1.165, 1.54) is 18.3 Å². The van der Waals surface area contributed by atoms with Crippen LogP contribution in [0.1, 0.15) is 22.3 Å². The molecule has 1 amide bonds. The highest BCUT2D eigenvalue weighted by atomic mass is 32.2. The maximum atomic E-state index is 12.7. The Morgan fingerprint density at radius 3 is 2.10 bits per heavy atom. The van der Waals surface area contributed by atoms with Crippen LogP contribution in [-0.4, -0.2) is 22.9 Å². The summed E-state index contributed by atoms with van der Waals surface area (Å²) in [5, 5.41) is 2.81. The fraction of sp³-hybridized carbons (Fsp3) is 0.238. The van der Waals surface area contributed by atoms with E-state index in [2.05, 4.69) is 5.32 Å². The smallest absolute Gasteiger partial charge is 0.324 e. The van der Waals surface area contributed by atoms with Gasteiger partial charge in [0.25, 0.3) is 10.0 Å². The van der Waals surface area contributed by atoms with Crippen LogP contribution in [0.25, 0.3) is 0 Å². The molecule has 0 radical (unpaired) electrons. The number of anilines is 1. The Kier molecular flexibility index (Phi) is 5.48. The predicted octanol–water partition coefficient (Wildman–Crippen LogP) is 2.76. The quantitative estimate of drug-likeness (QED) is 0.696. The monoisotopic (exact) mass is 413 g/mol. The summed E-state index contributed by atoms with van der Waals surface area (Å²) in [5.74, 6) is -0.410. The van der Waals surface area contributed by atoms with Crippen LogP contribution in [0.4, 0.5) is 5.69 Å². The number of rotatable bonds is 5. The first-order chi connectivity index (χ1) is 13.6. The second kappa shape index (κ2) is 7.71. The predicted molar refractivity (Wildman–Crippen MR) is 112 cm³/mol. The molecular formula is C21H23N3O4S. The number of benzene rings is 2. The van der Waals surface area contributed by atoms with Gasteiger partial charge in [-0.25, -0.2) is 13.2 Å². The molecule has 152 valence electrons. The molecule has 3 rings (SSSR count). The van der Waals surface area contributed by atoms with Crippen molar-refractivity contribution >= 4 is 21.6 Å². The molecule has 0 saturated carbocycles. The summed E-state index contributed by atoms with van der Waals surface area (Å²) in [7, 11) is -4.03. The summed E-state index contributed by atoms with van der Waals surface area (Å²) in [6.07, 6.45) is 2.45. The van der Waals surface area contributed by atoms with Crippen molar-refractivity contribution in [2.75, 3.05) is 5.32 Å². The third-order valence-electron chi connectivity index (χ3n) is 4.65. The Hall–Kier alpha value is -3.13. The van der Waals surface area contributed by atoms with E-state index in [4.69, 9.17) is 0 Å². The molecule has 0 atom stereocenters. The number of carbonyl (C=O) groups is 1. The van der Waals surface area contributed by atoms with Gasteiger partial charge in [-0.3, -0.25) is 9.36 Å². The number of amides is 1. The van der Waals surface area contributed by atoms with Crippen molar-refractivity contribution in [2.45, 2.75) is 39.1 Å². The van der Waals surface area contributed by atoms with E-state index in [1.54, 1.807) is 12.1 Å². The average Bonchev–Trinajstić information content (AvgIpc) is 2.99. The van der Waals surface area contributed by atoms with Gasteiger partial charge >= 0.3 is 5.69 Å². The Balaban J connectivity index is 1.84. The topological polar surface area (TPSA) is 90.2 Å². The Bertz CT molecular complexity index is 1210. The summed E-state index contributed by atoms with van der Waals surface area (Å²) >= 11 is 0. The van der Waals surface area contributed by atoms with Crippen molar-refractivity contribution in [3.8, 4) is 0 Å². The van der Waals surface area contributed by atoms with Crippen molar-refractivity contribution in [2.24, 2.45) is 0 Å². The minimum Gasteiger partial charge on any atom is -0.324 e. The molecule has 2 aromatic carbocycles. The Morgan fingerprint density at radius 2 is 1.52 bits per heavy atom. The van der Waals surface area contributed by atoms with Crippen LogP contribution in [0.3, 0.4) is 0 Å². The van der Waals surface area contributed by atoms with Gasteiger partial charge in [0.05, 0.1) is 4.90 Å². The second-order valence-corrected chi connectivity index (χ2v) is 8.96. The number of imidazole rings is 1. The molecule has 0 saturated heterocycles. The van der Waals surface area contributed by atoms with E-state index in [0.29, 0.717) is 9.66 Å². The van der Waals surface area contributed by atoms with Gasteiger partial charge in [0, 0.05) is 18.1 Å². The molecule has 0 spiro atoms. The van der Waals surface area contributed by atoms with Crippen LogP contribution in [-0.2, 0) is 21.4 Å². The standard InChI is InChI=1S/C21H23N3O4S/c1-14-5-7-18(8-6-14)29(27,28)24-10-9-23(21(24)26)13-19(25)22-20-16(3)11-15(2)12-17(20)4/h5-12H,13H2,1-4H3,(H,22,25). The van der Waals surface area contributed by atoms with Gasteiger partial charge in [-0.2, -0.15) is 3.97 Å². The lowest BCUT2D eigenvalue weighted by atomic mass is 10.1. The third-order valence-corrected chi connectivity index (χ3v) is 6.31. The number of nitrogens with one attached hydrogen (secondary N) is 1. The summed E-state index contributed by atoms with van der Waals surface area (Å²) in [4.78, 5) is 25.1. The number of nitrogens with zero attached hydrogens (tertiary/aromatic N) is 2. The molecule has 0 unspecified atom stereocenters. The minimum atomic E-state index is -4.03. The molecule has 0 fully saturated rings. The SMILES string of the molecule is Cc1ccc(S(=O)(=O)n2ccn(CC(=O)Nc3c(C)cc(C)cc3C)c2=O)cc1. The van der Waals surface area contributed by atoms with E-state index in [9.17, 15) is 18.0 Å². The number of hydrogen-bond acceptors (Lipinski definition) is 4. The fourth-order valence-electron chi connectivity index (χ4n) is 3.23. The van der Waals surface area contributed by atoms with Crippen molar-refractivity contribution < 1.29 is 13.2 Å². The van der Waals surface area contributed by atoms with Crippen LogP contribution in [0, 0.1) is 27.7 Å². The minimum absolute atomic E-state index is 0.0123. The van der Waals surface area contributed by atoms with Gasteiger partial charge in [-0.1, -0.05) is 35.4 Å². The Labute approximate surface area is 169 Å². The largest absolute Gasteiger partial charge is 0.342 e. The van der Waals surface area contributed by atoms with Gasteiger partial charge in [-0.05, 0) is 51.0 Å². The fourth-order valence-corrected chi connectivity index (χ4v) is 4.47. The lowest BCUT2D eigenvalue weighted by Crippen LogP contribution is -2.32. The summed E-state index contributed by atoms with van der Waals surface area (Å²) in [6, 6.07) is 10.1. The van der Waals surface area contributed by atoms with E-state index < -0.39 is 21.6 Å². The van der Waals surface area contributed by atoms with Crippen molar-refractivity contribution in [1.29, 1.82) is 0 Å². The van der Waals surface area contributed by atoms with Crippen LogP contribution < -0.4 is 11.0 Å².